The lowest BCUT2D eigenvalue weighted by Crippen LogP contribution is -2.29. The van der Waals surface area contributed by atoms with Crippen molar-refractivity contribution >= 4 is 83.1 Å². The van der Waals surface area contributed by atoms with Crippen LogP contribution in [0.2, 0.25) is 5.02 Å². The van der Waals surface area contributed by atoms with E-state index in [0.29, 0.717) is 21.7 Å². The summed E-state index contributed by atoms with van der Waals surface area (Å²) >= 11 is 8.37. The third kappa shape index (κ3) is 7.61. The van der Waals surface area contributed by atoms with E-state index in [1.54, 1.807) is 32.0 Å². The maximum absolute atomic E-state index is 12.8. The lowest BCUT2D eigenvalue weighted by Gasteiger charge is -2.12. The monoisotopic (exact) mass is 641 g/mol. The third-order valence-electron chi connectivity index (χ3n) is 6.06. The van der Waals surface area contributed by atoms with Crippen LogP contribution in [0.1, 0.15) is 47.5 Å². The Bertz CT molecular complexity index is 1690. The summed E-state index contributed by atoms with van der Waals surface area (Å²) in [6.45, 7) is 3.41. The first kappa shape index (κ1) is 30.9. The number of rotatable bonds is 10. The Kier molecular flexibility index (Phi) is 10.00. The zero-order valence-corrected chi connectivity index (χ0v) is 25.6. The molecule has 0 saturated carbocycles. The van der Waals surface area contributed by atoms with Gasteiger partial charge in [-0.2, -0.15) is 4.99 Å². The van der Waals surface area contributed by atoms with E-state index in [-0.39, 0.29) is 35.1 Å². The molecular formula is C26H28ClN3O8S3. The Labute approximate surface area is 249 Å². The van der Waals surface area contributed by atoms with Crippen LogP contribution in [0.4, 0.5) is 5.00 Å². The molecule has 0 radical (unpaired) electrons. The van der Waals surface area contributed by atoms with E-state index >= 15 is 0 Å². The lowest BCUT2D eigenvalue weighted by molar-refractivity contribution is -0.143. The van der Waals surface area contributed by atoms with Gasteiger partial charge in [0, 0.05) is 9.90 Å². The van der Waals surface area contributed by atoms with Crippen LogP contribution in [0, 0.1) is 0 Å². The highest BCUT2D eigenvalue weighted by Gasteiger charge is 2.29. The number of halogens is 1. The zero-order valence-electron chi connectivity index (χ0n) is 22.4. The number of nitrogens with one attached hydrogen (secondary N) is 1. The van der Waals surface area contributed by atoms with E-state index in [1.807, 2.05) is 0 Å². The molecule has 11 nitrogen and oxygen atoms in total. The Hall–Kier alpha value is -3.07. The van der Waals surface area contributed by atoms with Gasteiger partial charge >= 0.3 is 11.9 Å². The number of anilines is 1. The van der Waals surface area contributed by atoms with E-state index in [9.17, 15) is 27.6 Å². The summed E-state index contributed by atoms with van der Waals surface area (Å²) < 4.78 is 37.8. The number of amides is 2. The Morgan fingerprint density at radius 2 is 1.78 bits per heavy atom. The van der Waals surface area contributed by atoms with Crippen LogP contribution in [0.15, 0.2) is 23.2 Å². The second kappa shape index (κ2) is 13.3. The van der Waals surface area contributed by atoms with Gasteiger partial charge in [-0.15, -0.1) is 11.3 Å². The molecule has 4 rings (SSSR count). The van der Waals surface area contributed by atoms with E-state index in [0.717, 1.165) is 41.0 Å². The molecule has 2 aromatic heterocycles. The first-order valence-corrected chi connectivity index (χ1v) is 16.7. The number of hydrogen-bond acceptors (Lipinski definition) is 10. The quantitative estimate of drug-likeness (QED) is 0.331. The average molecular weight is 642 g/mol. The van der Waals surface area contributed by atoms with Gasteiger partial charge in [-0.05, 0) is 63.3 Å². The summed E-state index contributed by atoms with van der Waals surface area (Å²) in [5, 5.41) is 3.23. The molecule has 0 atom stereocenters. The van der Waals surface area contributed by atoms with Gasteiger partial charge in [-0.3, -0.25) is 14.4 Å². The number of nitrogens with zero attached hydrogens (tertiary/aromatic N) is 2. The van der Waals surface area contributed by atoms with E-state index < -0.39 is 45.1 Å². The average Bonchev–Trinajstić information content (AvgIpc) is 3.40. The van der Waals surface area contributed by atoms with Gasteiger partial charge in [0.25, 0.3) is 5.91 Å². The van der Waals surface area contributed by atoms with Crippen molar-refractivity contribution in [3.63, 3.8) is 0 Å². The molecule has 1 N–H and O–H groups in total. The first-order valence-electron chi connectivity index (χ1n) is 12.8. The predicted octanol–water partition coefficient (Wildman–Crippen LogP) is 3.52. The molecule has 41 heavy (non-hydrogen) atoms. The molecule has 3 aromatic rings. The summed E-state index contributed by atoms with van der Waals surface area (Å²) in [4.78, 5) is 55.3. The van der Waals surface area contributed by atoms with Crippen LogP contribution in [-0.2, 0) is 53.1 Å². The number of thiophene rings is 1. The fraction of sp³-hybridized carbons (Fsp3) is 0.423. The second-order valence-corrected chi connectivity index (χ2v) is 13.7. The second-order valence-electron chi connectivity index (χ2n) is 9.11. The van der Waals surface area contributed by atoms with E-state index in [1.165, 1.54) is 15.9 Å². The van der Waals surface area contributed by atoms with Crippen LogP contribution in [0.5, 0.6) is 0 Å². The van der Waals surface area contributed by atoms with Crippen LogP contribution in [0.25, 0.3) is 10.2 Å². The number of fused-ring (bicyclic) bond motifs is 2. The molecule has 1 aliphatic carbocycles. The largest absolute Gasteiger partial charge is 0.465 e. The Morgan fingerprint density at radius 3 is 2.51 bits per heavy atom. The molecule has 220 valence electrons. The van der Waals surface area contributed by atoms with Crippen molar-refractivity contribution < 1.29 is 37.1 Å². The van der Waals surface area contributed by atoms with Gasteiger partial charge < -0.3 is 19.4 Å². The number of carbonyl (C=O) groups excluding carboxylic acids is 4. The summed E-state index contributed by atoms with van der Waals surface area (Å²) in [5.74, 6) is -5.02. The van der Waals surface area contributed by atoms with E-state index in [4.69, 9.17) is 21.1 Å². The molecule has 1 aromatic carbocycles. The van der Waals surface area contributed by atoms with Gasteiger partial charge in [0.05, 0.1) is 29.0 Å². The number of carbonyl (C=O) groups is 4. The van der Waals surface area contributed by atoms with Crippen molar-refractivity contribution in [1.29, 1.82) is 0 Å². The summed E-state index contributed by atoms with van der Waals surface area (Å²) in [6, 6.07) is 4.91. The minimum Gasteiger partial charge on any atom is -0.465 e. The van der Waals surface area contributed by atoms with Gasteiger partial charge in [0.15, 0.2) is 14.6 Å². The topological polar surface area (TPSA) is 150 Å². The van der Waals surface area contributed by atoms with Crippen molar-refractivity contribution in [1.82, 2.24) is 4.57 Å². The van der Waals surface area contributed by atoms with Crippen LogP contribution < -0.4 is 10.1 Å². The SMILES string of the molecule is CCOC(=O)Cn1c(=NC(=O)CS(=O)(=O)CC(=O)Nc2sc3c(c2C(=O)OCC)CCCC3)sc2cc(Cl)ccc21. The van der Waals surface area contributed by atoms with Gasteiger partial charge in [-0.1, -0.05) is 22.9 Å². The van der Waals surface area contributed by atoms with Gasteiger partial charge in [0.2, 0.25) is 5.91 Å². The number of aryl methyl sites for hydroxylation is 1. The summed E-state index contributed by atoms with van der Waals surface area (Å²) in [7, 11) is -4.23. The molecule has 0 aliphatic heterocycles. The first-order chi connectivity index (χ1) is 19.5. The zero-order chi connectivity index (χ0) is 29.7. The number of sulfone groups is 1. The lowest BCUT2D eigenvalue weighted by atomic mass is 9.95. The number of benzene rings is 1. The standard InChI is InChI=1S/C26H28ClN3O8S3/c1-3-37-22(33)12-30-17-10-9-15(27)11-19(17)40-26(30)29-21(32)14-41(35,36)13-20(31)28-24-23(25(34)38-4-2)16-7-5-6-8-18(16)39-24/h9-11H,3-8,12-14H2,1-2H3,(H,28,31). The molecule has 0 unspecified atom stereocenters. The number of hydrogen-bond donors (Lipinski definition) is 1. The van der Waals surface area contributed by atoms with Crippen molar-refractivity contribution in [2.75, 3.05) is 30.0 Å². The van der Waals surface area contributed by atoms with Crippen molar-refractivity contribution in [2.24, 2.45) is 4.99 Å². The highest BCUT2D eigenvalue weighted by molar-refractivity contribution is 7.92. The molecule has 15 heteroatoms. The van der Waals surface area contributed by atoms with Crippen molar-refractivity contribution in [2.45, 2.75) is 46.1 Å². The number of thiazole rings is 1. The van der Waals surface area contributed by atoms with E-state index in [2.05, 4.69) is 10.3 Å². The normalized spacial score (nSPS) is 13.6. The molecule has 0 fully saturated rings. The molecule has 2 amide bonds. The minimum absolute atomic E-state index is 0.0863. The maximum atomic E-state index is 12.8. The number of aromatic nitrogens is 1. The smallest absolute Gasteiger partial charge is 0.341 e. The van der Waals surface area contributed by atoms with Gasteiger partial charge in [-0.25, -0.2) is 13.2 Å². The summed E-state index contributed by atoms with van der Waals surface area (Å²) in [5.41, 5.74) is 1.66. The highest BCUT2D eigenvalue weighted by atomic mass is 35.5. The molecule has 0 bridgehead atoms. The fourth-order valence-electron chi connectivity index (χ4n) is 4.43. The van der Waals surface area contributed by atoms with Crippen LogP contribution in [-0.4, -0.2) is 61.5 Å². The van der Waals surface area contributed by atoms with Crippen molar-refractivity contribution in [3.05, 3.63) is 44.0 Å². The number of esters is 2. The highest BCUT2D eigenvalue weighted by Crippen LogP contribution is 2.38. The fourth-order valence-corrected chi connectivity index (χ4v) is 8.07. The Morgan fingerprint density at radius 1 is 1.05 bits per heavy atom. The molecule has 0 saturated heterocycles. The maximum Gasteiger partial charge on any atom is 0.341 e. The summed E-state index contributed by atoms with van der Waals surface area (Å²) in [6.07, 6.45) is 3.28. The molecule has 2 heterocycles. The molecule has 1 aliphatic rings. The van der Waals surface area contributed by atoms with Crippen molar-refractivity contribution in [3.8, 4) is 0 Å². The molecular weight excluding hydrogens is 614 g/mol. The molecule has 0 spiro atoms. The van der Waals surface area contributed by atoms with Gasteiger partial charge in [0.1, 0.15) is 23.1 Å². The van der Waals surface area contributed by atoms with Crippen LogP contribution in [0.3, 0.4) is 0 Å². The Balaban J connectivity index is 1.52. The number of ether oxygens (including phenoxy) is 2. The predicted molar refractivity (Wildman–Crippen MR) is 156 cm³/mol. The third-order valence-corrected chi connectivity index (χ3v) is 9.93. The van der Waals surface area contributed by atoms with Crippen LogP contribution >= 0.6 is 34.3 Å². The minimum atomic E-state index is -4.23.